The molecule has 0 saturated carbocycles. The van der Waals surface area contributed by atoms with Gasteiger partial charge >= 0.3 is 0 Å². The van der Waals surface area contributed by atoms with Crippen molar-refractivity contribution in [2.75, 3.05) is 0 Å². The quantitative estimate of drug-likeness (QED) is 0.251. The van der Waals surface area contributed by atoms with Crippen molar-refractivity contribution >= 4 is 52.0 Å². The molecule has 1 aliphatic rings. The highest BCUT2D eigenvalue weighted by Gasteiger charge is 2.41. The minimum Gasteiger partial charge on any atom is -0.302 e. The van der Waals surface area contributed by atoms with Crippen LogP contribution >= 0.6 is 23.6 Å². The van der Waals surface area contributed by atoms with Gasteiger partial charge in [0, 0.05) is 24.5 Å². The average Bonchev–Trinajstić information content (AvgIpc) is 3.14. The number of benzene rings is 1. The van der Waals surface area contributed by atoms with Crippen LogP contribution < -0.4 is 10.6 Å². The number of thiocarbonyl (C=S) groups is 1. The first kappa shape index (κ1) is 18.8. The fourth-order valence-electron chi connectivity index (χ4n) is 2.93. The number of ketones is 1. The predicted molar refractivity (Wildman–Crippen MR) is 101 cm³/mol. The number of non-ortho nitro benzene ring substituents is 1. The van der Waals surface area contributed by atoms with Gasteiger partial charge in [0.25, 0.3) is 5.69 Å². The number of thiophene rings is 1. The number of Topliss-reactive ketones (excluding diaryl/α,β-unsaturated/α-hetero) is 1. The number of amides is 2. The van der Waals surface area contributed by atoms with Crippen molar-refractivity contribution in [2.24, 2.45) is 5.92 Å². The molecule has 0 spiro atoms. The zero-order valence-electron chi connectivity index (χ0n) is 13.7. The van der Waals surface area contributed by atoms with E-state index in [1.54, 1.807) is 23.6 Å². The van der Waals surface area contributed by atoms with Crippen LogP contribution in [0.5, 0.6) is 0 Å². The van der Waals surface area contributed by atoms with Gasteiger partial charge in [-0.25, -0.2) is 0 Å². The molecule has 2 heterocycles. The number of rotatable bonds is 6. The molecule has 1 aromatic carbocycles. The lowest BCUT2D eigenvalue weighted by atomic mass is 9.80. The van der Waals surface area contributed by atoms with Crippen molar-refractivity contribution in [1.82, 2.24) is 10.6 Å². The molecule has 2 amide bonds. The van der Waals surface area contributed by atoms with Crippen LogP contribution in [0.4, 0.5) is 5.69 Å². The Hall–Kier alpha value is -2.98. The highest BCUT2D eigenvalue weighted by molar-refractivity contribution is 7.80. The van der Waals surface area contributed by atoms with Crippen molar-refractivity contribution in [3.63, 3.8) is 0 Å². The zero-order valence-corrected chi connectivity index (χ0v) is 15.3. The SMILES string of the molecule is O=C(CC(c1cccc([N+](=O)[O-])c1)C1C(=O)NC(=S)NC1=O)c1cccs1. The van der Waals surface area contributed by atoms with Gasteiger partial charge in [-0.2, -0.15) is 0 Å². The largest absolute Gasteiger partial charge is 0.302 e. The highest BCUT2D eigenvalue weighted by Crippen LogP contribution is 2.33. The Labute approximate surface area is 162 Å². The number of nitrogens with zero attached hydrogens (tertiary/aromatic N) is 1. The Morgan fingerprint density at radius 3 is 2.52 bits per heavy atom. The van der Waals surface area contributed by atoms with E-state index in [1.807, 2.05) is 0 Å². The molecule has 3 rings (SSSR count). The summed E-state index contributed by atoms with van der Waals surface area (Å²) in [7, 11) is 0. The first-order valence-corrected chi connectivity index (χ1v) is 9.12. The van der Waals surface area contributed by atoms with E-state index in [1.165, 1.54) is 29.5 Å². The maximum absolute atomic E-state index is 12.6. The van der Waals surface area contributed by atoms with Gasteiger partial charge < -0.3 is 10.6 Å². The van der Waals surface area contributed by atoms with Gasteiger partial charge in [-0.15, -0.1) is 11.3 Å². The molecule has 0 aliphatic carbocycles. The number of hydrogen-bond donors (Lipinski definition) is 2. The lowest BCUT2D eigenvalue weighted by molar-refractivity contribution is -0.384. The van der Waals surface area contributed by atoms with Crippen LogP contribution in [0.3, 0.4) is 0 Å². The minimum absolute atomic E-state index is 0.108. The van der Waals surface area contributed by atoms with Crippen LogP contribution in [0.2, 0.25) is 0 Å². The molecule has 8 nitrogen and oxygen atoms in total. The molecule has 2 aromatic rings. The molecule has 2 N–H and O–H groups in total. The molecule has 1 fully saturated rings. The molecule has 1 saturated heterocycles. The van der Waals surface area contributed by atoms with Gasteiger partial charge in [-0.3, -0.25) is 24.5 Å². The van der Waals surface area contributed by atoms with Crippen molar-refractivity contribution < 1.29 is 19.3 Å². The summed E-state index contributed by atoms with van der Waals surface area (Å²) in [5.74, 6) is -3.64. The van der Waals surface area contributed by atoms with Gasteiger partial charge in [0.15, 0.2) is 10.9 Å². The molecule has 1 aliphatic heterocycles. The van der Waals surface area contributed by atoms with E-state index in [-0.39, 0.29) is 23.0 Å². The number of nitro groups is 1. The van der Waals surface area contributed by atoms with E-state index in [9.17, 15) is 24.5 Å². The number of hydrogen-bond acceptors (Lipinski definition) is 7. The molecule has 0 radical (unpaired) electrons. The molecule has 27 heavy (non-hydrogen) atoms. The third kappa shape index (κ3) is 4.07. The van der Waals surface area contributed by atoms with E-state index in [2.05, 4.69) is 10.6 Å². The molecular formula is C17H13N3O5S2. The van der Waals surface area contributed by atoms with Gasteiger partial charge in [0.2, 0.25) is 11.8 Å². The van der Waals surface area contributed by atoms with E-state index in [0.717, 1.165) is 0 Å². The topological polar surface area (TPSA) is 118 Å². The number of carbonyl (C=O) groups is 3. The van der Waals surface area contributed by atoms with Crippen LogP contribution in [0, 0.1) is 16.0 Å². The Bertz CT molecular complexity index is 922. The second-order valence-corrected chi connectivity index (χ2v) is 7.20. The van der Waals surface area contributed by atoms with Crippen molar-refractivity contribution in [3.8, 4) is 0 Å². The molecule has 0 bridgehead atoms. The average molecular weight is 403 g/mol. The number of nitrogens with one attached hydrogen (secondary N) is 2. The van der Waals surface area contributed by atoms with E-state index in [4.69, 9.17) is 12.2 Å². The molecule has 1 unspecified atom stereocenters. The summed E-state index contributed by atoms with van der Waals surface area (Å²) >= 11 is 6.05. The van der Waals surface area contributed by atoms with Crippen LogP contribution in [0.1, 0.15) is 27.6 Å². The third-order valence-corrected chi connectivity index (χ3v) is 5.27. The Morgan fingerprint density at radius 2 is 1.93 bits per heavy atom. The summed E-state index contributed by atoms with van der Waals surface area (Å²) in [6, 6.07) is 8.97. The van der Waals surface area contributed by atoms with Crippen molar-refractivity contribution in [1.29, 1.82) is 0 Å². The summed E-state index contributed by atoms with van der Waals surface area (Å²) < 4.78 is 0. The zero-order chi connectivity index (χ0) is 19.6. The molecule has 138 valence electrons. The summed E-state index contributed by atoms with van der Waals surface area (Å²) in [5, 5.41) is 17.5. The van der Waals surface area contributed by atoms with E-state index >= 15 is 0 Å². The van der Waals surface area contributed by atoms with E-state index < -0.39 is 28.6 Å². The van der Waals surface area contributed by atoms with Crippen LogP contribution in [0.15, 0.2) is 41.8 Å². The Kier molecular flexibility index (Phi) is 5.38. The fraction of sp³-hybridized carbons (Fsp3) is 0.176. The lowest BCUT2D eigenvalue weighted by Gasteiger charge is -2.29. The highest BCUT2D eigenvalue weighted by atomic mass is 32.1. The third-order valence-electron chi connectivity index (χ3n) is 4.15. The van der Waals surface area contributed by atoms with Crippen molar-refractivity contribution in [2.45, 2.75) is 12.3 Å². The minimum atomic E-state index is -1.23. The number of nitro benzene ring substituents is 1. The lowest BCUT2D eigenvalue weighted by Crippen LogP contribution is -2.57. The predicted octanol–water partition coefficient (Wildman–Crippen LogP) is 2.16. The Balaban J connectivity index is 2.00. The number of carbonyl (C=O) groups excluding carboxylic acids is 3. The fourth-order valence-corrected chi connectivity index (χ4v) is 3.81. The summed E-state index contributed by atoms with van der Waals surface area (Å²) in [4.78, 5) is 48.5. The standard InChI is InChI=1S/C17H13N3O5S2/c21-12(13-5-2-6-27-13)8-11(9-3-1-4-10(7-9)20(24)25)14-15(22)18-17(26)19-16(14)23/h1-7,11,14H,8H2,(H2,18,19,22,23,26). The summed E-state index contributed by atoms with van der Waals surface area (Å²) in [6.07, 6.45) is -0.153. The monoisotopic (exact) mass is 403 g/mol. The molecule has 10 heteroatoms. The van der Waals surface area contributed by atoms with Crippen LogP contribution in [-0.2, 0) is 9.59 Å². The Morgan fingerprint density at radius 1 is 1.22 bits per heavy atom. The van der Waals surface area contributed by atoms with Crippen LogP contribution in [0.25, 0.3) is 0 Å². The van der Waals surface area contributed by atoms with Gasteiger partial charge in [0.05, 0.1) is 9.80 Å². The molecule has 1 aromatic heterocycles. The van der Waals surface area contributed by atoms with Crippen LogP contribution in [-0.4, -0.2) is 27.6 Å². The maximum atomic E-state index is 12.6. The smallest absolute Gasteiger partial charge is 0.269 e. The maximum Gasteiger partial charge on any atom is 0.269 e. The van der Waals surface area contributed by atoms with E-state index in [0.29, 0.717) is 10.4 Å². The van der Waals surface area contributed by atoms with Gasteiger partial charge in [-0.05, 0) is 29.2 Å². The molecule has 1 atom stereocenters. The van der Waals surface area contributed by atoms with Gasteiger partial charge in [0.1, 0.15) is 5.92 Å². The summed E-state index contributed by atoms with van der Waals surface area (Å²) in [6.45, 7) is 0. The second-order valence-electron chi connectivity index (χ2n) is 5.85. The normalized spacial score (nSPS) is 15.8. The van der Waals surface area contributed by atoms with Crippen molar-refractivity contribution in [3.05, 3.63) is 62.3 Å². The first-order chi connectivity index (χ1) is 12.9. The summed E-state index contributed by atoms with van der Waals surface area (Å²) in [5.41, 5.74) is 0.172. The first-order valence-electron chi connectivity index (χ1n) is 7.83. The van der Waals surface area contributed by atoms with Gasteiger partial charge in [-0.1, -0.05) is 18.2 Å². The molecular weight excluding hydrogens is 390 g/mol. The second kappa shape index (κ2) is 7.72.